The number of benzene rings is 6. The van der Waals surface area contributed by atoms with E-state index in [0.29, 0.717) is 0 Å². The second-order valence-corrected chi connectivity index (χ2v) is 14.5. The zero-order chi connectivity index (χ0) is 37.6. The molecule has 0 radical (unpaired) electrons. The van der Waals surface area contributed by atoms with Crippen molar-refractivity contribution in [2.45, 2.75) is 13.8 Å². The average Bonchev–Trinajstić information content (AvgIpc) is 3.85. The fraction of sp³-hybridized carbons (Fsp3) is 0.0385. The fourth-order valence-electron chi connectivity index (χ4n) is 7.95. The van der Waals surface area contributed by atoms with E-state index < -0.39 is 0 Å². The van der Waals surface area contributed by atoms with E-state index in [-0.39, 0.29) is 0 Å². The summed E-state index contributed by atoms with van der Waals surface area (Å²) in [7, 11) is 0. The molecule has 0 amide bonds. The van der Waals surface area contributed by atoms with Gasteiger partial charge in [-0.25, -0.2) is 0 Å². The van der Waals surface area contributed by atoms with Crippen LogP contribution in [0, 0.1) is 13.8 Å². The lowest BCUT2D eigenvalue weighted by Crippen LogP contribution is -2.00. The minimum atomic E-state index is 1.06. The van der Waals surface area contributed by atoms with Gasteiger partial charge in [-0.3, -0.25) is 9.97 Å². The SMILES string of the molecule is Cc1ccc(-c2ccc3c(c2)c2cc(-c4ccc(C)cc4)ccc2n3-c2ccc(-c3ccc(-n4c(-c5cccnc5)ccc4-c4cccnc4)cc3)cc2)cc1. The van der Waals surface area contributed by atoms with Crippen LogP contribution >= 0.6 is 0 Å². The molecule has 10 aromatic rings. The van der Waals surface area contributed by atoms with E-state index in [1.54, 1.807) is 0 Å². The molecule has 0 aliphatic carbocycles. The van der Waals surface area contributed by atoms with Crippen LogP contribution in [0.2, 0.25) is 0 Å². The highest BCUT2D eigenvalue weighted by atomic mass is 15.0. The summed E-state index contributed by atoms with van der Waals surface area (Å²) in [4.78, 5) is 8.80. The Labute approximate surface area is 326 Å². The van der Waals surface area contributed by atoms with Gasteiger partial charge in [0.1, 0.15) is 0 Å². The topological polar surface area (TPSA) is 35.6 Å². The highest BCUT2D eigenvalue weighted by Gasteiger charge is 2.17. The summed E-state index contributed by atoms with van der Waals surface area (Å²) in [5, 5.41) is 2.49. The molecule has 0 atom stereocenters. The third kappa shape index (κ3) is 5.98. The van der Waals surface area contributed by atoms with Gasteiger partial charge in [0.15, 0.2) is 0 Å². The minimum absolute atomic E-state index is 1.06. The molecule has 4 heteroatoms. The quantitative estimate of drug-likeness (QED) is 0.164. The van der Waals surface area contributed by atoms with Gasteiger partial charge in [0.25, 0.3) is 0 Å². The molecule has 0 saturated heterocycles. The van der Waals surface area contributed by atoms with E-state index >= 15 is 0 Å². The molecule has 56 heavy (non-hydrogen) atoms. The summed E-state index contributed by atoms with van der Waals surface area (Å²) in [6.45, 7) is 4.27. The second-order valence-electron chi connectivity index (χ2n) is 14.5. The molecule has 0 spiro atoms. The van der Waals surface area contributed by atoms with E-state index in [0.717, 1.165) is 45.0 Å². The first-order valence-electron chi connectivity index (χ1n) is 19.0. The largest absolute Gasteiger partial charge is 0.309 e. The Morgan fingerprint density at radius 3 is 1.12 bits per heavy atom. The van der Waals surface area contributed by atoms with E-state index in [1.165, 1.54) is 55.2 Å². The van der Waals surface area contributed by atoms with Gasteiger partial charge in [-0.2, -0.15) is 0 Å². The Kier molecular flexibility index (Phi) is 8.23. The molecule has 0 fully saturated rings. The Hall–Kier alpha value is -7.30. The van der Waals surface area contributed by atoms with Crippen LogP contribution < -0.4 is 0 Å². The van der Waals surface area contributed by atoms with E-state index in [2.05, 4.69) is 191 Å². The van der Waals surface area contributed by atoms with Crippen molar-refractivity contribution in [1.29, 1.82) is 0 Å². The van der Waals surface area contributed by atoms with Crippen LogP contribution in [0.15, 0.2) is 195 Å². The predicted molar refractivity (Wildman–Crippen MR) is 232 cm³/mol. The number of fused-ring (bicyclic) bond motifs is 3. The zero-order valence-corrected chi connectivity index (χ0v) is 31.3. The summed E-state index contributed by atoms with van der Waals surface area (Å²) in [5.74, 6) is 0. The lowest BCUT2D eigenvalue weighted by atomic mass is 9.99. The maximum atomic E-state index is 4.40. The number of hydrogen-bond acceptors (Lipinski definition) is 2. The molecule has 10 rings (SSSR count). The van der Waals surface area contributed by atoms with Gasteiger partial charge in [-0.1, -0.05) is 96.1 Å². The van der Waals surface area contributed by atoms with Gasteiger partial charge >= 0.3 is 0 Å². The zero-order valence-electron chi connectivity index (χ0n) is 31.3. The van der Waals surface area contributed by atoms with Crippen molar-refractivity contribution in [1.82, 2.24) is 19.1 Å². The summed E-state index contributed by atoms with van der Waals surface area (Å²) in [6.07, 6.45) is 7.45. The third-order valence-electron chi connectivity index (χ3n) is 10.9. The Morgan fingerprint density at radius 1 is 0.339 bits per heavy atom. The molecule has 0 saturated carbocycles. The number of aryl methyl sites for hydroxylation is 2. The van der Waals surface area contributed by atoms with Crippen LogP contribution in [0.3, 0.4) is 0 Å². The monoisotopic (exact) mass is 718 g/mol. The maximum Gasteiger partial charge on any atom is 0.0550 e. The van der Waals surface area contributed by atoms with Gasteiger partial charge in [0.05, 0.1) is 22.4 Å². The fourth-order valence-corrected chi connectivity index (χ4v) is 7.95. The summed E-state index contributed by atoms with van der Waals surface area (Å²) >= 11 is 0. The molecular formula is C52H38N4. The van der Waals surface area contributed by atoms with Crippen LogP contribution in [0.25, 0.3) is 89.1 Å². The highest BCUT2D eigenvalue weighted by Crippen LogP contribution is 2.38. The summed E-state index contributed by atoms with van der Waals surface area (Å²) in [6, 6.07) is 61.7. The molecule has 6 aromatic carbocycles. The molecule has 4 nitrogen and oxygen atoms in total. The van der Waals surface area contributed by atoms with Gasteiger partial charge in [0.2, 0.25) is 0 Å². The second kappa shape index (κ2) is 13.8. The third-order valence-corrected chi connectivity index (χ3v) is 10.9. The number of nitrogens with zero attached hydrogens (tertiary/aromatic N) is 4. The molecule has 4 heterocycles. The Bertz CT molecular complexity index is 2810. The van der Waals surface area contributed by atoms with Gasteiger partial charge in [0, 0.05) is 58.1 Å². The van der Waals surface area contributed by atoms with Gasteiger partial charge in [-0.15, -0.1) is 0 Å². The maximum absolute atomic E-state index is 4.40. The van der Waals surface area contributed by atoms with Crippen molar-refractivity contribution in [3.8, 4) is 67.3 Å². The average molecular weight is 719 g/mol. The molecule has 0 aliphatic rings. The summed E-state index contributed by atoms with van der Waals surface area (Å²) in [5.41, 5.74) is 18.6. The van der Waals surface area contributed by atoms with Crippen LogP contribution in [0.1, 0.15) is 11.1 Å². The lowest BCUT2D eigenvalue weighted by Gasteiger charge is -2.15. The first-order valence-corrected chi connectivity index (χ1v) is 19.0. The minimum Gasteiger partial charge on any atom is -0.309 e. The smallest absolute Gasteiger partial charge is 0.0550 e. The van der Waals surface area contributed by atoms with Crippen molar-refractivity contribution in [2.75, 3.05) is 0 Å². The standard InChI is InChI=1S/C52H38N4/c1-35-7-11-39(12-8-35)41-19-25-51-47(31-41)48-32-42(40-13-9-36(2)10-14-40)20-26-52(48)56(51)46-23-17-38(18-24-46)37-15-21-45(22-16-37)55-49(43-5-3-29-53-33-43)27-28-50(55)44-6-4-30-54-34-44/h3-34H,1-2H3. The van der Waals surface area contributed by atoms with Crippen molar-refractivity contribution >= 4 is 21.8 Å². The van der Waals surface area contributed by atoms with Crippen LogP contribution in [-0.2, 0) is 0 Å². The summed E-state index contributed by atoms with van der Waals surface area (Å²) < 4.78 is 4.69. The normalized spacial score (nSPS) is 11.4. The van der Waals surface area contributed by atoms with Crippen molar-refractivity contribution < 1.29 is 0 Å². The molecule has 0 unspecified atom stereocenters. The van der Waals surface area contributed by atoms with E-state index in [4.69, 9.17) is 0 Å². The highest BCUT2D eigenvalue weighted by molar-refractivity contribution is 6.11. The first-order chi connectivity index (χ1) is 27.6. The predicted octanol–water partition coefficient (Wildman–Crippen LogP) is 13.3. The van der Waals surface area contributed by atoms with Crippen LogP contribution in [0.5, 0.6) is 0 Å². The number of hydrogen-bond donors (Lipinski definition) is 0. The van der Waals surface area contributed by atoms with Crippen molar-refractivity contribution in [3.63, 3.8) is 0 Å². The number of pyridine rings is 2. The van der Waals surface area contributed by atoms with E-state index in [9.17, 15) is 0 Å². The van der Waals surface area contributed by atoms with Crippen LogP contribution in [-0.4, -0.2) is 19.1 Å². The number of aromatic nitrogens is 4. The molecular weight excluding hydrogens is 681 g/mol. The first kappa shape index (κ1) is 33.3. The van der Waals surface area contributed by atoms with Crippen molar-refractivity contribution in [3.05, 3.63) is 206 Å². The molecule has 266 valence electrons. The number of rotatable bonds is 7. The Balaban J connectivity index is 1.04. The van der Waals surface area contributed by atoms with Crippen LogP contribution in [0.4, 0.5) is 0 Å². The van der Waals surface area contributed by atoms with Gasteiger partial charge < -0.3 is 9.13 Å². The van der Waals surface area contributed by atoms with Crippen molar-refractivity contribution in [2.24, 2.45) is 0 Å². The molecule has 0 bridgehead atoms. The molecule has 0 N–H and O–H groups in total. The Morgan fingerprint density at radius 2 is 0.714 bits per heavy atom. The lowest BCUT2D eigenvalue weighted by molar-refractivity contribution is 1.09. The molecule has 4 aromatic heterocycles. The van der Waals surface area contributed by atoms with E-state index in [1.807, 2.05) is 36.9 Å². The van der Waals surface area contributed by atoms with Gasteiger partial charge in [-0.05, 0) is 132 Å². The molecule has 0 aliphatic heterocycles.